The third kappa shape index (κ3) is 4.16. The Morgan fingerprint density at radius 3 is 2.68 bits per heavy atom. The molecule has 0 bridgehead atoms. The van der Waals surface area contributed by atoms with Crippen LogP contribution in [0, 0.1) is 0 Å². The van der Waals surface area contributed by atoms with E-state index in [1.807, 2.05) is 12.3 Å². The highest BCUT2D eigenvalue weighted by Gasteiger charge is 2.35. The van der Waals surface area contributed by atoms with Gasteiger partial charge in [-0.2, -0.15) is 5.10 Å². The Balaban J connectivity index is 1.81. The van der Waals surface area contributed by atoms with Gasteiger partial charge in [-0.05, 0) is 25.0 Å². The highest BCUT2D eigenvalue weighted by atomic mass is 28.3. The molecule has 1 heterocycles. The Morgan fingerprint density at radius 1 is 1.37 bits per heavy atom. The molecule has 1 fully saturated rings. The molecule has 1 aromatic heterocycles. The molecule has 2 rings (SSSR count). The summed E-state index contributed by atoms with van der Waals surface area (Å²) in [5.74, 6) is 0. The van der Waals surface area contributed by atoms with E-state index in [0.29, 0.717) is 6.73 Å². The van der Waals surface area contributed by atoms with Crippen LogP contribution in [0.2, 0.25) is 25.7 Å². The maximum atomic E-state index is 10.4. The van der Waals surface area contributed by atoms with Crippen LogP contribution in [0.4, 0.5) is 0 Å². The van der Waals surface area contributed by atoms with Gasteiger partial charge in [0.2, 0.25) is 0 Å². The topological polar surface area (TPSA) is 47.3 Å². The van der Waals surface area contributed by atoms with Gasteiger partial charge in [-0.3, -0.25) is 0 Å². The van der Waals surface area contributed by atoms with Crippen molar-refractivity contribution >= 4 is 8.07 Å². The van der Waals surface area contributed by atoms with E-state index in [4.69, 9.17) is 4.74 Å². The average Bonchev–Trinajstić information content (AvgIpc) is 2.93. The molecule has 19 heavy (non-hydrogen) atoms. The van der Waals surface area contributed by atoms with E-state index in [1.165, 1.54) is 6.04 Å². The molecule has 0 aromatic carbocycles. The molecule has 0 atom stereocenters. The molecule has 1 aromatic rings. The minimum Gasteiger partial charge on any atom is -0.383 e. The fourth-order valence-corrected chi connectivity index (χ4v) is 3.19. The molecular formula is C14H26N2O2Si. The quantitative estimate of drug-likeness (QED) is 0.644. The largest absolute Gasteiger partial charge is 0.383 e. The minimum atomic E-state index is -1.02. The van der Waals surface area contributed by atoms with E-state index >= 15 is 0 Å². The van der Waals surface area contributed by atoms with Crippen LogP contribution < -0.4 is 0 Å². The van der Waals surface area contributed by atoms with Gasteiger partial charge >= 0.3 is 0 Å². The van der Waals surface area contributed by atoms with Crippen molar-refractivity contribution in [2.45, 2.75) is 63.7 Å². The molecule has 1 aliphatic carbocycles. The molecule has 0 spiro atoms. The normalized spacial score (nSPS) is 18.9. The third-order valence-electron chi connectivity index (χ3n) is 3.77. The lowest BCUT2D eigenvalue weighted by Crippen LogP contribution is -2.23. The Bertz CT molecular complexity index is 406. The van der Waals surface area contributed by atoms with Crippen molar-refractivity contribution in [1.82, 2.24) is 9.78 Å². The summed E-state index contributed by atoms with van der Waals surface area (Å²) in [4.78, 5) is 0. The fourth-order valence-electron chi connectivity index (χ4n) is 2.43. The van der Waals surface area contributed by atoms with Gasteiger partial charge in [0.1, 0.15) is 12.3 Å². The van der Waals surface area contributed by atoms with E-state index in [9.17, 15) is 5.11 Å². The zero-order valence-electron chi connectivity index (χ0n) is 12.4. The van der Waals surface area contributed by atoms with Crippen LogP contribution >= 0.6 is 0 Å². The summed E-state index contributed by atoms with van der Waals surface area (Å²) in [5, 5.41) is 14.9. The molecule has 1 aliphatic rings. The van der Waals surface area contributed by atoms with Gasteiger partial charge in [0.15, 0.2) is 0 Å². The van der Waals surface area contributed by atoms with Gasteiger partial charge in [-0.1, -0.05) is 32.5 Å². The van der Waals surface area contributed by atoms with Crippen molar-refractivity contribution in [3.05, 3.63) is 18.0 Å². The Kier molecular flexibility index (Phi) is 4.48. The third-order valence-corrected chi connectivity index (χ3v) is 5.47. The second-order valence-electron chi connectivity index (χ2n) is 6.83. The van der Waals surface area contributed by atoms with Crippen molar-refractivity contribution in [2.75, 3.05) is 6.61 Å². The van der Waals surface area contributed by atoms with E-state index in [0.717, 1.165) is 38.0 Å². The molecule has 0 aliphatic heterocycles. The molecule has 108 valence electrons. The van der Waals surface area contributed by atoms with Crippen LogP contribution in [-0.2, 0) is 17.1 Å². The average molecular weight is 282 g/mol. The molecule has 1 N–H and O–H groups in total. The predicted octanol–water partition coefficient (Wildman–Crippen LogP) is 2.96. The zero-order valence-corrected chi connectivity index (χ0v) is 13.4. The first-order valence-electron chi connectivity index (χ1n) is 7.23. The van der Waals surface area contributed by atoms with Crippen LogP contribution in [-0.4, -0.2) is 29.6 Å². The SMILES string of the molecule is C[Si](C)(C)CCOCn1ccc(C2(O)CCCC2)n1. The highest BCUT2D eigenvalue weighted by molar-refractivity contribution is 6.76. The van der Waals surface area contributed by atoms with Crippen molar-refractivity contribution in [2.24, 2.45) is 0 Å². The summed E-state index contributed by atoms with van der Waals surface area (Å²) < 4.78 is 7.45. The van der Waals surface area contributed by atoms with Crippen LogP contribution in [0.15, 0.2) is 12.3 Å². The highest BCUT2D eigenvalue weighted by Crippen LogP contribution is 2.37. The first kappa shape index (κ1) is 14.7. The van der Waals surface area contributed by atoms with Gasteiger partial charge in [0, 0.05) is 20.9 Å². The van der Waals surface area contributed by atoms with Crippen molar-refractivity contribution in [3.8, 4) is 0 Å². The summed E-state index contributed by atoms with van der Waals surface area (Å²) in [6.07, 6.45) is 5.76. The Labute approximate surface area is 116 Å². The summed E-state index contributed by atoms with van der Waals surface area (Å²) in [6.45, 7) is 8.32. The number of rotatable bonds is 6. The van der Waals surface area contributed by atoms with Gasteiger partial charge in [0.25, 0.3) is 0 Å². The van der Waals surface area contributed by atoms with Crippen molar-refractivity contribution in [1.29, 1.82) is 0 Å². The van der Waals surface area contributed by atoms with Gasteiger partial charge in [-0.25, -0.2) is 4.68 Å². The van der Waals surface area contributed by atoms with Crippen molar-refractivity contribution < 1.29 is 9.84 Å². The standard InChI is InChI=1S/C14H26N2O2Si/c1-19(2,3)11-10-18-12-16-9-6-13(15-16)14(17)7-4-5-8-14/h6,9,17H,4-5,7-8,10-12H2,1-3H3. The monoisotopic (exact) mass is 282 g/mol. The molecule has 5 heteroatoms. The maximum Gasteiger partial charge on any atom is 0.139 e. The first-order chi connectivity index (χ1) is 8.89. The molecule has 0 radical (unpaired) electrons. The predicted molar refractivity (Wildman–Crippen MR) is 78.7 cm³/mol. The van der Waals surface area contributed by atoms with Crippen molar-refractivity contribution in [3.63, 3.8) is 0 Å². The van der Waals surface area contributed by atoms with Gasteiger partial charge < -0.3 is 9.84 Å². The summed E-state index contributed by atoms with van der Waals surface area (Å²) in [7, 11) is -1.02. The number of nitrogens with zero attached hydrogens (tertiary/aromatic N) is 2. The Morgan fingerprint density at radius 2 is 2.05 bits per heavy atom. The lowest BCUT2D eigenvalue weighted by Gasteiger charge is -2.19. The molecule has 0 saturated heterocycles. The maximum absolute atomic E-state index is 10.4. The minimum absolute atomic E-state index is 0.487. The molecular weight excluding hydrogens is 256 g/mol. The lowest BCUT2D eigenvalue weighted by atomic mass is 9.99. The number of hydrogen-bond acceptors (Lipinski definition) is 3. The van der Waals surface area contributed by atoms with Crippen LogP contribution in [0.3, 0.4) is 0 Å². The molecule has 1 saturated carbocycles. The number of ether oxygens (including phenoxy) is 1. The number of hydrogen-bond donors (Lipinski definition) is 1. The molecule has 0 unspecified atom stereocenters. The van der Waals surface area contributed by atoms with E-state index in [2.05, 4.69) is 24.7 Å². The number of aromatic nitrogens is 2. The smallest absolute Gasteiger partial charge is 0.139 e. The fraction of sp³-hybridized carbons (Fsp3) is 0.786. The van der Waals surface area contributed by atoms with Crippen LogP contribution in [0.5, 0.6) is 0 Å². The molecule has 0 amide bonds. The van der Waals surface area contributed by atoms with E-state index in [-0.39, 0.29) is 0 Å². The zero-order chi connectivity index (χ0) is 13.9. The summed E-state index contributed by atoms with van der Waals surface area (Å²) in [6, 6.07) is 3.10. The lowest BCUT2D eigenvalue weighted by molar-refractivity contribution is 0.0359. The Hall–Kier alpha value is -0.653. The second-order valence-corrected chi connectivity index (χ2v) is 12.4. The van der Waals surface area contributed by atoms with Gasteiger partial charge in [0.05, 0.1) is 5.69 Å². The second kappa shape index (κ2) is 5.77. The first-order valence-corrected chi connectivity index (χ1v) is 10.9. The van der Waals surface area contributed by atoms with Crippen LogP contribution in [0.25, 0.3) is 0 Å². The van der Waals surface area contributed by atoms with Crippen LogP contribution in [0.1, 0.15) is 31.4 Å². The summed E-state index contributed by atoms with van der Waals surface area (Å²) in [5.41, 5.74) is 0.114. The summed E-state index contributed by atoms with van der Waals surface area (Å²) >= 11 is 0. The molecule has 4 nitrogen and oxygen atoms in total. The van der Waals surface area contributed by atoms with E-state index in [1.54, 1.807) is 4.68 Å². The number of aliphatic hydroxyl groups is 1. The van der Waals surface area contributed by atoms with E-state index < -0.39 is 13.7 Å². The van der Waals surface area contributed by atoms with Gasteiger partial charge in [-0.15, -0.1) is 0 Å².